The summed E-state index contributed by atoms with van der Waals surface area (Å²) in [7, 11) is 0. The van der Waals surface area contributed by atoms with E-state index in [2.05, 4.69) is 36.6 Å². The van der Waals surface area contributed by atoms with E-state index in [0.717, 1.165) is 44.1 Å². The van der Waals surface area contributed by atoms with Gasteiger partial charge in [-0.15, -0.1) is 0 Å². The molecule has 2 saturated heterocycles. The molecule has 1 aromatic rings. The van der Waals surface area contributed by atoms with Crippen LogP contribution in [0.4, 0.5) is 0 Å². The first kappa shape index (κ1) is 15.5. The van der Waals surface area contributed by atoms with Crippen molar-refractivity contribution in [3.05, 3.63) is 17.5 Å². The fourth-order valence-corrected chi connectivity index (χ4v) is 3.25. The Labute approximate surface area is 131 Å². The lowest BCUT2D eigenvalue weighted by molar-refractivity contribution is -0.122. The van der Waals surface area contributed by atoms with Gasteiger partial charge in [-0.25, -0.2) is 0 Å². The SMILES string of the molecule is CC(C)(C)c1cc(CNC2C(=O)NCC23CCOCC3)no1. The first-order valence-corrected chi connectivity index (χ1v) is 7.96. The van der Waals surface area contributed by atoms with Gasteiger partial charge < -0.3 is 14.6 Å². The topological polar surface area (TPSA) is 76.4 Å². The maximum Gasteiger partial charge on any atom is 0.237 e. The molecule has 6 heteroatoms. The largest absolute Gasteiger partial charge is 0.381 e. The monoisotopic (exact) mass is 307 g/mol. The molecule has 0 aliphatic carbocycles. The van der Waals surface area contributed by atoms with Crippen LogP contribution in [0.25, 0.3) is 0 Å². The Bertz CT molecular complexity index is 541. The molecule has 2 N–H and O–H groups in total. The van der Waals surface area contributed by atoms with Crippen LogP contribution in [0.1, 0.15) is 45.1 Å². The smallest absolute Gasteiger partial charge is 0.237 e. The number of rotatable bonds is 3. The second kappa shape index (κ2) is 5.66. The summed E-state index contributed by atoms with van der Waals surface area (Å²) < 4.78 is 10.8. The molecule has 2 aliphatic rings. The van der Waals surface area contributed by atoms with Crippen molar-refractivity contribution in [3.8, 4) is 0 Å². The summed E-state index contributed by atoms with van der Waals surface area (Å²) in [5.41, 5.74) is 0.760. The van der Waals surface area contributed by atoms with Gasteiger partial charge in [0, 0.05) is 43.2 Å². The lowest BCUT2D eigenvalue weighted by atomic mass is 9.76. The molecule has 22 heavy (non-hydrogen) atoms. The predicted octanol–water partition coefficient (Wildman–Crippen LogP) is 1.36. The van der Waals surface area contributed by atoms with Gasteiger partial charge in [0.05, 0.1) is 11.7 Å². The Morgan fingerprint density at radius 2 is 2.14 bits per heavy atom. The highest BCUT2D eigenvalue weighted by Crippen LogP contribution is 2.37. The molecule has 122 valence electrons. The van der Waals surface area contributed by atoms with E-state index < -0.39 is 0 Å². The van der Waals surface area contributed by atoms with Crippen molar-refractivity contribution < 1.29 is 14.1 Å². The van der Waals surface area contributed by atoms with Crippen molar-refractivity contribution in [1.29, 1.82) is 0 Å². The van der Waals surface area contributed by atoms with Gasteiger partial charge >= 0.3 is 0 Å². The Hall–Kier alpha value is -1.40. The Kier molecular flexibility index (Phi) is 3.99. The molecule has 1 aromatic heterocycles. The van der Waals surface area contributed by atoms with Crippen LogP contribution in [-0.4, -0.2) is 36.9 Å². The number of amides is 1. The van der Waals surface area contributed by atoms with Gasteiger partial charge in [-0.05, 0) is 12.8 Å². The minimum absolute atomic E-state index is 0.0219. The number of aromatic nitrogens is 1. The molecule has 0 saturated carbocycles. The summed E-state index contributed by atoms with van der Waals surface area (Å²) in [4.78, 5) is 12.2. The van der Waals surface area contributed by atoms with Gasteiger partial charge in [-0.3, -0.25) is 10.1 Å². The van der Waals surface area contributed by atoms with E-state index in [1.807, 2.05) is 6.07 Å². The van der Waals surface area contributed by atoms with Crippen LogP contribution in [-0.2, 0) is 21.5 Å². The number of carbonyl (C=O) groups excluding carboxylic acids is 1. The van der Waals surface area contributed by atoms with Crippen LogP contribution in [0.15, 0.2) is 10.6 Å². The highest BCUT2D eigenvalue weighted by Gasteiger charge is 2.48. The first-order chi connectivity index (χ1) is 10.4. The second-order valence-electron chi connectivity index (χ2n) is 7.44. The average molecular weight is 307 g/mol. The number of hydrogen-bond acceptors (Lipinski definition) is 5. The maximum absolute atomic E-state index is 12.2. The molecule has 1 amide bonds. The van der Waals surface area contributed by atoms with Gasteiger partial charge in [0.25, 0.3) is 0 Å². The van der Waals surface area contributed by atoms with Crippen LogP contribution in [0.3, 0.4) is 0 Å². The molecule has 3 heterocycles. The lowest BCUT2D eigenvalue weighted by Gasteiger charge is -2.36. The average Bonchev–Trinajstić information content (AvgIpc) is 3.05. The molecule has 2 fully saturated rings. The summed E-state index contributed by atoms with van der Waals surface area (Å²) >= 11 is 0. The molecule has 0 bridgehead atoms. The zero-order valence-corrected chi connectivity index (χ0v) is 13.6. The van der Waals surface area contributed by atoms with Crippen molar-refractivity contribution in [2.24, 2.45) is 5.41 Å². The van der Waals surface area contributed by atoms with Gasteiger partial charge in [0.2, 0.25) is 5.91 Å². The Balaban J connectivity index is 1.67. The third-order valence-corrected chi connectivity index (χ3v) is 4.76. The van der Waals surface area contributed by atoms with E-state index in [1.165, 1.54) is 0 Å². The van der Waals surface area contributed by atoms with E-state index in [9.17, 15) is 4.79 Å². The minimum atomic E-state index is -0.175. The predicted molar refractivity (Wildman–Crippen MR) is 81.3 cm³/mol. The number of nitrogens with one attached hydrogen (secondary N) is 2. The number of nitrogens with zero attached hydrogens (tertiary/aromatic N) is 1. The quantitative estimate of drug-likeness (QED) is 0.882. The molecule has 0 aromatic carbocycles. The number of ether oxygens (including phenoxy) is 1. The third kappa shape index (κ3) is 2.90. The zero-order valence-electron chi connectivity index (χ0n) is 13.6. The first-order valence-electron chi connectivity index (χ1n) is 7.96. The molecule has 2 aliphatic heterocycles. The van der Waals surface area contributed by atoms with Crippen LogP contribution >= 0.6 is 0 Å². The Morgan fingerprint density at radius 3 is 2.77 bits per heavy atom. The minimum Gasteiger partial charge on any atom is -0.381 e. The fourth-order valence-electron chi connectivity index (χ4n) is 3.25. The van der Waals surface area contributed by atoms with Crippen molar-refractivity contribution in [2.45, 2.75) is 51.6 Å². The van der Waals surface area contributed by atoms with Crippen LogP contribution < -0.4 is 10.6 Å². The molecule has 0 radical (unpaired) electrons. The lowest BCUT2D eigenvalue weighted by Crippen LogP contribution is -2.49. The zero-order chi connectivity index (χ0) is 15.8. The summed E-state index contributed by atoms with van der Waals surface area (Å²) in [6.07, 6.45) is 1.82. The molecule has 3 rings (SSSR count). The summed E-state index contributed by atoms with van der Waals surface area (Å²) in [5, 5.41) is 10.5. The fraction of sp³-hybridized carbons (Fsp3) is 0.750. The van der Waals surface area contributed by atoms with Crippen molar-refractivity contribution >= 4 is 5.91 Å². The van der Waals surface area contributed by atoms with Crippen LogP contribution in [0, 0.1) is 5.41 Å². The molecule has 6 nitrogen and oxygen atoms in total. The summed E-state index contributed by atoms with van der Waals surface area (Å²) in [6, 6.07) is 1.79. The van der Waals surface area contributed by atoms with Crippen LogP contribution in [0.2, 0.25) is 0 Å². The Morgan fingerprint density at radius 1 is 1.41 bits per heavy atom. The summed E-state index contributed by atoms with van der Waals surface area (Å²) in [5.74, 6) is 0.947. The van der Waals surface area contributed by atoms with Crippen molar-refractivity contribution in [3.63, 3.8) is 0 Å². The standard InChI is InChI=1S/C16H25N3O3/c1-15(2,3)12-8-11(19-22-12)9-17-13-14(20)18-10-16(13)4-6-21-7-5-16/h8,13,17H,4-7,9-10H2,1-3H3,(H,18,20). The molecule has 1 unspecified atom stereocenters. The molecular formula is C16H25N3O3. The molecule has 1 spiro atoms. The highest BCUT2D eigenvalue weighted by molar-refractivity contribution is 5.85. The number of hydrogen-bond donors (Lipinski definition) is 2. The van der Waals surface area contributed by atoms with Gasteiger partial charge in [0.15, 0.2) is 0 Å². The summed E-state index contributed by atoms with van der Waals surface area (Å²) in [6.45, 7) is 9.00. The van der Waals surface area contributed by atoms with Crippen molar-refractivity contribution in [2.75, 3.05) is 19.8 Å². The van der Waals surface area contributed by atoms with E-state index in [0.29, 0.717) is 6.54 Å². The van der Waals surface area contributed by atoms with Gasteiger partial charge in [0.1, 0.15) is 5.76 Å². The molecule has 1 atom stereocenters. The third-order valence-electron chi connectivity index (χ3n) is 4.76. The maximum atomic E-state index is 12.2. The van der Waals surface area contributed by atoms with E-state index in [1.54, 1.807) is 0 Å². The van der Waals surface area contributed by atoms with Gasteiger partial charge in [-0.1, -0.05) is 25.9 Å². The van der Waals surface area contributed by atoms with Gasteiger partial charge in [-0.2, -0.15) is 0 Å². The number of carbonyl (C=O) groups is 1. The van der Waals surface area contributed by atoms with E-state index in [-0.39, 0.29) is 22.8 Å². The van der Waals surface area contributed by atoms with E-state index >= 15 is 0 Å². The van der Waals surface area contributed by atoms with Crippen molar-refractivity contribution in [1.82, 2.24) is 15.8 Å². The van der Waals surface area contributed by atoms with E-state index in [4.69, 9.17) is 9.26 Å². The van der Waals surface area contributed by atoms with Crippen LogP contribution in [0.5, 0.6) is 0 Å². The highest BCUT2D eigenvalue weighted by atomic mass is 16.5. The normalized spacial score (nSPS) is 24.7. The second-order valence-corrected chi connectivity index (χ2v) is 7.44. The molecular weight excluding hydrogens is 282 g/mol.